The molecule has 2 rings (SSSR count). The summed E-state index contributed by atoms with van der Waals surface area (Å²) in [6.45, 7) is 10.1. The second kappa shape index (κ2) is 14.6. The van der Waals surface area contributed by atoms with Gasteiger partial charge in [-0.25, -0.2) is 0 Å². The summed E-state index contributed by atoms with van der Waals surface area (Å²) in [4.78, 5) is 0. The van der Waals surface area contributed by atoms with E-state index in [1.807, 2.05) is 0 Å². The van der Waals surface area contributed by atoms with Gasteiger partial charge in [0.15, 0.2) is 0 Å². The fourth-order valence-corrected chi connectivity index (χ4v) is 5.19. The quantitative estimate of drug-likeness (QED) is 0.255. The van der Waals surface area contributed by atoms with Crippen molar-refractivity contribution in [1.29, 1.82) is 5.26 Å². The fourth-order valence-electron chi connectivity index (χ4n) is 5.19. The molecule has 0 N–H and O–H groups in total. The number of rotatable bonds is 15. The molecular formula is C30H49NO. The summed E-state index contributed by atoms with van der Waals surface area (Å²) in [5.74, 6) is 3.15. The monoisotopic (exact) mass is 439 g/mol. The first kappa shape index (κ1) is 26.8. The molecule has 0 saturated heterocycles. The molecule has 2 heteroatoms. The van der Waals surface area contributed by atoms with Crippen molar-refractivity contribution in [3.8, 4) is 11.8 Å². The molecule has 1 aromatic rings. The summed E-state index contributed by atoms with van der Waals surface area (Å²) in [5.41, 5.74) is 1.35. The van der Waals surface area contributed by atoms with Crippen molar-refractivity contribution in [3.05, 3.63) is 29.8 Å². The second-order valence-corrected chi connectivity index (χ2v) is 11.0. The predicted molar refractivity (Wildman–Crippen MR) is 137 cm³/mol. The molecule has 0 spiro atoms. The van der Waals surface area contributed by atoms with Crippen LogP contribution in [0.3, 0.4) is 0 Å². The zero-order valence-corrected chi connectivity index (χ0v) is 21.5. The highest BCUT2D eigenvalue weighted by Crippen LogP contribution is 2.46. The summed E-state index contributed by atoms with van der Waals surface area (Å²) in [6.07, 6.45) is 17.0. The maximum absolute atomic E-state index is 9.98. The van der Waals surface area contributed by atoms with Gasteiger partial charge in [0.05, 0.1) is 18.1 Å². The molecule has 1 atom stereocenters. The summed E-state index contributed by atoms with van der Waals surface area (Å²) >= 11 is 0. The van der Waals surface area contributed by atoms with Gasteiger partial charge in [-0.05, 0) is 80.4 Å². The first-order valence-electron chi connectivity index (χ1n) is 13.6. The Labute approximate surface area is 199 Å². The van der Waals surface area contributed by atoms with Gasteiger partial charge in [0.2, 0.25) is 0 Å². The molecule has 180 valence electrons. The Balaban J connectivity index is 1.72. The van der Waals surface area contributed by atoms with E-state index in [0.29, 0.717) is 5.92 Å². The van der Waals surface area contributed by atoms with E-state index in [9.17, 15) is 5.26 Å². The highest BCUT2D eigenvalue weighted by molar-refractivity contribution is 5.30. The van der Waals surface area contributed by atoms with Crippen LogP contribution in [-0.4, -0.2) is 6.61 Å². The SMILES string of the molecule is CCCCCCCOc1ccc(C2CCC(C#N)(CCC(C)CCCC(C)C)CC2)cc1. The van der Waals surface area contributed by atoms with Gasteiger partial charge in [-0.2, -0.15) is 5.26 Å². The number of hydrogen-bond acceptors (Lipinski definition) is 2. The molecule has 0 bridgehead atoms. The molecule has 1 fully saturated rings. The van der Waals surface area contributed by atoms with Crippen LogP contribution in [0.2, 0.25) is 0 Å². The average Bonchev–Trinajstić information content (AvgIpc) is 2.80. The van der Waals surface area contributed by atoms with Crippen LogP contribution in [0, 0.1) is 28.6 Å². The van der Waals surface area contributed by atoms with E-state index >= 15 is 0 Å². The smallest absolute Gasteiger partial charge is 0.119 e. The minimum absolute atomic E-state index is 0.0797. The lowest BCUT2D eigenvalue weighted by Crippen LogP contribution is -2.26. The maximum atomic E-state index is 9.98. The van der Waals surface area contributed by atoms with Crippen LogP contribution < -0.4 is 4.74 Å². The molecule has 32 heavy (non-hydrogen) atoms. The van der Waals surface area contributed by atoms with Crippen molar-refractivity contribution in [2.45, 2.75) is 124 Å². The fraction of sp³-hybridized carbons (Fsp3) is 0.767. The van der Waals surface area contributed by atoms with Crippen molar-refractivity contribution >= 4 is 0 Å². The van der Waals surface area contributed by atoms with Crippen molar-refractivity contribution in [1.82, 2.24) is 0 Å². The Morgan fingerprint density at radius 2 is 1.62 bits per heavy atom. The van der Waals surface area contributed by atoms with Gasteiger partial charge < -0.3 is 4.74 Å². The summed E-state index contributed by atoms with van der Waals surface area (Å²) < 4.78 is 5.93. The van der Waals surface area contributed by atoms with E-state index in [1.54, 1.807) is 0 Å². The van der Waals surface area contributed by atoms with E-state index < -0.39 is 0 Å². The largest absolute Gasteiger partial charge is 0.494 e. The molecule has 1 aliphatic carbocycles. The van der Waals surface area contributed by atoms with Gasteiger partial charge in [-0.15, -0.1) is 0 Å². The molecular weight excluding hydrogens is 390 g/mol. The van der Waals surface area contributed by atoms with Crippen molar-refractivity contribution in [3.63, 3.8) is 0 Å². The molecule has 2 nitrogen and oxygen atoms in total. The molecule has 0 aromatic heterocycles. The van der Waals surface area contributed by atoms with Crippen LogP contribution in [0.5, 0.6) is 5.75 Å². The molecule has 0 amide bonds. The summed E-state index contributed by atoms with van der Waals surface area (Å²) in [7, 11) is 0. The Morgan fingerprint density at radius 1 is 0.938 bits per heavy atom. The molecule has 0 aliphatic heterocycles. The molecule has 1 saturated carbocycles. The zero-order valence-electron chi connectivity index (χ0n) is 21.5. The normalized spacial score (nSPS) is 21.9. The number of nitrogens with zero attached hydrogens (tertiary/aromatic N) is 1. The minimum atomic E-state index is -0.0797. The Hall–Kier alpha value is -1.49. The van der Waals surface area contributed by atoms with Crippen LogP contribution in [-0.2, 0) is 0 Å². The van der Waals surface area contributed by atoms with Crippen LogP contribution in [0.25, 0.3) is 0 Å². The molecule has 1 aromatic carbocycles. The van der Waals surface area contributed by atoms with E-state index in [2.05, 4.69) is 58.0 Å². The Bertz CT molecular complexity index is 648. The van der Waals surface area contributed by atoms with Crippen LogP contribution >= 0.6 is 0 Å². The van der Waals surface area contributed by atoms with E-state index in [4.69, 9.17) is 4.74 Å². The molecule has 1 unspecified atom stereocenters. The molecule has 0 heterocycles. The van der Waals surface area contributed by atoms with Gasteiger partial charge in [0.1, 0.15) is 5.75 Å². The van der Waals surface area contributed by atoms with E-state index in [1.165, 1.54) is 56.9 Å². The lowest BCUT2D eigenvalue weighted by atomic mass is 9.67. The van der Waals surface area contributed by atoms with Crippen molar-refractivity contribution < 1.29 is 4.74 Å². The minimum Gasteiger partial charge on any atom is -0.494 e. The third-order valence-electron chi connectivity index (χ3n) is 7.64. The van der Waals surface area contributed by atoms with E-state index in [-0.39, 0.29) is 5.41 Å². The third kappa shape index (κ3) is 9.56. The van der Waals surface area contributed by atoms with Crippen LogP contribution in [0.15, 0.2) is 24.3 Å². The molecule has 0 radical (unpaired) electrons. The first-order valence-corrected chi connectivity index (χ1v) is 13.6. The van der Waals surface area contributed by atoms with E-state index in [0.717, 1.165) is 62.7 Å². The highest BCUT2D eigenvalue weighted by Gasteiger charge is 2.35. The number of nitriles is 1. The Morgan fingerprint density at radius 3 is 2.25 bits per heavy atom. The topological polar surface area (TPSA) is 33.0 Å². The van der Waals surface area contributed by atoms with Crippen LogP contribution in [0.1, 0.15) is 129 Å². The number of unbranched alkanes of at least 4 members (excludes halogenated alkanes) is 4. The van der Waals surface area contributed by atoms with Crippen molar-refractivity contribution in [2.24, 2.45) is 17.3 Å². The van der Waals surface area contributed by atoms with Gasteiger partial charge in [-0.3, -0.25) is 0 Å². The maximum Gasteiger partial charge on any atom is 0.119 e. The van der Waals surface area contributed by atoms with Crippen molar-refractivity contribution in [2.75, 3.05) is 6.61 Å². The van der Waals surface area contributed by atoms with Crippen LogP contribution in [0.4, 0.5) is 0 Å². The third-order valence-corrected chi connectivity index (χ3v) is 7.64. The summed E-state index contributed by atoms with van der Waals surface area (Å²) in [6, 6.07) is 11.6. The second-order valence-electron chi connectivity index (χ2n) is 11.0. The van der Waals surface area contributed by atoms with Gasteiger partial charge in [0.25, 0.3) is 0 Å². The number of benzene rings is 1. The lowest BCUT2D eigenvalue weighted by Gasteiger charge is -2.36. The average molecular weight is 440 g/mol. The zero-order chi connectivity index (χ0) is 23.2. The highest BCUT2D eigenvalue weighted by atomic mass is 16.5. The lowest BCUT2D eigenvalue weighted by molar-refractivity contribution is 0.211. The van der Waals surface area contributed by atoms with Gasteiger partial charge in [0, 0.05) is 0 Å². The van der Waals surface area contributed by atoms with Gasteiger partial charge >= 0.3 is 0 Å². The number of hydrogen-bond donors (Lipinski definition) is 0. The predicted octanol–water partition coefficient (Wildman–Crippen LogP) is 9.45. The molecule has 1 aliphatic rings. The Kier molecular flexibility index (Phi) is 12.2. The van der Waals surface area contributed by atoms with Gasteiger partial charge in [-0.1, -0.05) is 84.8 Å². The standard InChI is InChI=1S/C30H49NO/c1-5-6-7-8-9-23-32-29-15-13-27(14-16-29)28-18-21-30(24-31,22-19-28)20-17-26(4)12-10-11-25(2)3/h13-16,25-26,28H,5-12,17-23H2,1-4H3. The number of ether oxygens (including phenoxy) is 1. The summed E-state index contributed by atoms with van der Waals surface area (Å²) in [5, 5.41) is 9.98. The first-order chi connectivity index (χ1) is 15.5.